The summed E-state index contributed by atoms with van der Waals surface area (Å²) in [7, 11) is 0. The number of aryl methyl sites for hydroxylation is 1. The summed E-state index contributed by atoms with van der Waals surface area (Å²) in [6.45, 7) is 2.23. The summed E-state index contributed by atoms with van der Waals surface area (Å²) in [5.74, 6) is -0.532. The van der Waals surface area contributed by atoms with Crippen LogP contribution < -0.4 is 15.5 Å². The second kappa shape index (κ2) is 6.70. The number of carbonyl (C=O) groups excluding carboxylic acids is 2. The Bertz CT molecular complexity index is 778. The van der Waals surface area contributed by atoms with Gasteiger partial charge in [-0.05, 0) is 36.8 Å². The van der Waals surface area contributed by atoms with Crippen LogP contribution in [0.2, 0.25) is 0 Å². The minimum Gasteiger partial charge on any atom is -0.333 e. The molecule has 2 aromatic rings. The highest BCUT2D eigenvalue weighted by molar-refractivity contribution is 5.97. The van der Waals surface area contributed by atoms with E-state index in [1.54, 1.807) is 12.1 Å². The smallest absolute Gasteiger partial charge is 0.319 e. The molecule has 0 aliphatic carbocycles. The summed E-state index contributed by atoms with van der Waals surface area (Å²) in [5, 5.41) is 5.57. The Hall–Kier alpha value is -2.89. The van der Waals surface area contributed by atoms with Crippen LogP contribution in [0.4, 0.5) is 20.6 Å². The van der Waals surface area contributed by atoms with Gasteiger partial charge in [-0.15, -0.1) is 0 Å². The number of benzene rings is 2. The maximum atomic E-state index is 13.3. The zero-order chi connectivity index (χ0) is 17.1. The van der Waals surface area contributed by atoms with Gasteiger partial charge in [-0.25, -0.2) is 9.18 Å². The molecule has 6 heteroatoms. The molecule has 1 saturated heterocycles. The van der Waals surface area contributed by atoms with Gasteiger partial charge >= 0.3 is 6.03 Å². The molecule has 0 spiro atoms. The van der Waals surface area contributed by atoms with Crippen molar-refractivity contribution in [3.05, 3.63) is 59.9 Å². The lowest BCUT2D eigenvalue weighted by molar-refractivity contribution is -0.117. The van der Waals surface area contributed by atoms with Crippen molar-refractivity contribution in [2.75, 3.05) is 16.8 Å². The van der Waals surface area contributed by atoms with Gasteiger partial charge in [0.05, 0.1) is 6.04 Å². The second-order valence-corrected chi connectivity index (χ2v) is 5.80. The molecule has 0 aromatic heterocycles. The van der Waals surface area contributed by atoms with Gasteiger partial charge < -0.3 is 15.5 Å². The number of urea groups is 1. The van der Waals surface area contributed by atoms with Crippen LogP contribution in [0.15, 0.2) is 48.5 Å². The summed E-state index contributed by atoms with van der Waals surface area (Å²) in [6, 6.07) is 12.7. The van der Waals surface area contributed by atoms with Crippen molar-refractivity contribution in [3.63, 3.8) is 0 Å². The number of hydrogen-bond donors (Lipinski definition) is 2. The molecule has 3 amide bonds. The highest BCUT2D eigenvalue weighted by Gasteiger charge is 2.31. The monoisotopic (exact) mass is 327 g/mol. The van der Waals surface area contributed by atoms with E-state index < -0.39 is 5.82 Å². The van der Waals surface area contributed by atoms with Gasteiger partial charge in [-0.3, -0.25) is 4.79 Å². The van der Waals surface area contributed by atoms with Gasteiger partial charge in [0, 0.05) is 24.3 Å². The molecule has 124 valence electrons. The maximum Gasteiger partial charge on any atom is 0.319 e. The highest BCUT2D eigenvalue weighted by atomic mass is 19.1. The third-order valence-corrected chi connectivity index (χ3v) is 3.97. The van der Waals surface area contributed by atoms with Gasteiger partial charge in [0.15, 0.2) is 0 Å². The lowest BCUT2D eigenvalue weighted by Crippen LogP contribution is -2.39. The summed E-state index contributed by atoms with van der Waals surface area (Å²) < 4.78 is 13.3. The van der Waals surface area contributed by atoms with Crippen LogP contribution in [0.25, 0.3) is 0 Å². The number of nitrogens with one attached hydrogen (secondary N) is 2. The molecule has 24 heavy (non-hydrogen) atoms. The Morgan fingerprint density at radius 2 is 2.00 bits per heavy atom. The van der Waals surface area contributed by atoms with Crippen molar-refractivity contribution in [2.24, 2.45) is 0 Å². The number of carbonyl (C=O) groups is 2. The number of hydrogen-bond acceptors (Lipinski definition) is 2. The van der Waals surface area contributed by atoms with Crippen LogP contribution in [0.5, 0.6) is 0 Å². The van der Waals surface area contributed by atoms with Crippen molar-refractivity contribution in [1.82, 2.24) is 5.32 Å². The van der Waals surface area contributed by atoms with E-state index in [4.69, 9.17) is 0 Å². The first kappa shape index (κ1) is 16.0. The molecule has 1 heterocycles. The number of anilines is 2. The Morgan fingerprint density at radius 1 is 1.21 bits per heavy atom. The third-order valence-electron chi connectivity index (χ3n) is 3.97. The van der Waals surface area contributed by atoms with Crippen molar-refractivity contribution in [1.29, 1.82) is 0 Å². The van der Waals surface area contributed by atoms with Crippen molar-refractivity contribution < 1.29 is 14.0 Å². The van der Waals surface area contributed by atoms with Gasteiger partial charge in [-0.2, -0.15) is 0 Å². The standard InChI is InChI=1S/C18H18FN3O2/c1-12-5-2-3-8-16(12)21-18(24)20-14-10-17(23)22(11-14)15-7-4-6-13(19)9-15/h2-9,14H,10-11H2,1H3,(H2,20,21,24)/t14-/m1/s1. The lowest BCUT2D eigenvalue weighted by atomic mass is 10.2. The van der Waals surface area contributed by atoms with E-state index in [0.29, 0.717) is 12.2 Å². The number of halogens is 1. The van der Waals surface area contributed by atoms with Gasteiger partial charge in [0.2, 0.25) is 5.91 Å². The topological polar surface area (TPSA) is 61.4 Å². The van der Waals surface area contributed by atoms with Crippen LogP contribution in [-0.4, -0.2) is 24.5 Å². The van der Waals surface area contributed by atoms with E-state index in [1.165, 1.54) is 17.0 Å². The summed E-state index contributed by atoms with van der Waals surface area (Å²) in [5.41, 5.74) is 2.18. The lowest BCUT2D eigenvalue weighted by Gasteiger charge is -2.17. The van der Waals surface area contributed by atoms with Crippen LogP contribution in [0, 0.1) is 12.7 Å². The zero-order valence-electron chi connectivity index (χ0n) is 13.3. The van der Waals surface area contributed by atoms with E-state index in [0.717, 1.165) is 11.3 Å². The summed E-state index contributed by atoms with van der Waals surface area (Å²) >= 11 is 0. The van der Waals surface area contributed by atoms with E-state index in [-0.39, 0.29) is 24.4 Å². The zero-order valence-corrected chi connectivity index (χ0v) is 13.3. The molecule has 1 fully saturated rings. The quantitative estimate of drug-likeness (QED) is 0.910. The molecule has 3 rings (SSSR count). The average Bonchev–Trinajstić information content (AvgIpc) is 2.90. The first-order chi connectivity index (χ1) is 11.5. The van der Waals surface area contributed by atoms with Crippen LogP contribution in [0.3, 0.4) is 0 Å². The Labute approximate surface area is 139 Å². The molecule has 1 aliphatic heterocycles. The largest absolute Gasteiger partial charge is 0.333 e. The first-order valence-corrected chi connectivity index (χ1v) is 7.72. The molecule has 5 nitrogen and oxygen atoms in total. The van der Waals surface area contributed by atoms with E-state index in [2.05, 4.69) is 10.6 Å². The normalized spacial score (nSPS) is 17.0. The fourth-order valence-electron chi connectivity index (χ4n) is 2.75. The van der Waals surface area contributed by atoms with Crippen molar-refractivity contribution in [3.8, 4) is 0 Å². The Kier molecular flexibility index (Phi) is 4.46. The van der Waals surface area contributed by atoms with E-state index >= 15 is 0 Å². The predicted octanol–water partition coefficient (Wildman–Crippen LogP) is 3.06. The van der Waals surface area contributed by atoms with Gasteiger partial charge in [0.1, 0.15) is 5.82 Å². The van der Waals surface area contributed by atoms with E-state index in [1.807, 2.05) is 31.2 Å². The number of amides is 3. The molecule has 0 saturated carbocycles. The summed E-state index contributed by atoms with van der Waals surface area (Å²) in [4.78, 5) is 25.7. The third kappa shape index (κ3) is 3.53. The maximum absolute atomic E-state index is 13.3. The second-order valence-electron chi connectivity index (χ2n) is 5.80. The molecule has 1 aliphatic rings. The predicted molar refractivity (Wildman–Crippen MR) is 90.5 cm³/mol. The number of para-hydroxylation sites is 1. The van der Waals surface area contributed by atoms with E-state index in [9.17, 15) is 14.0 Å². The van der Waals surface area contributed by atoms with Gasteiger partial charge in [-0.1, -0.05) is 24.3 Å². The summed E-state index contributed by atoms with van der Waals surface area (Å²) in [6.07, 6.45) is 0.192. The van der Waals surface area contributed by atoms with Crippen LogP contribution >= 0.6 is 0 Å². The number of nitrogens with zero attached hydrogens (tertiary/aromatic N) is 1. The minimum atomic E-state index is -0.394. The number of rotatable bonds is 3. The SMILES string of the molecule is Cc1ccccc1NC(=O)N[C@@H]1CC(=O)N(c2cccc(F)c2)C1. The fourth-order valence-corrected chi connectivity index (χ4v) is 2.75. The van der Waals surface area contributed by atoms with Crippen LogP contribution in [-0.2, 0) is 4.79 Å². The first-order valence-electron chi connectivity index (χ1n) is 7.72. The fraction of sp³-hybridized carbons (Fsp3) is 0.222. The van der Waals surface area contributed by atoms with Gasteiger partial charge in [0.25, 0.3) is 0 Å². The molecule has 0 unspecified atom stereocenters. The van der Waals surface area contributed by atoms with Crippen LogP contribution in [0.1, 0.15) is 12.0 Å². The molecular weight excluding hydrogens is 309 g/mol. The molecule has 2 N–H and O–H groups in total. The Morgan fingerprint density at radius 3 is 2.75 bits per heavy atom. The molecular formula is C18H18FN3O2. The Balaban J connectivity index is 1.62. The average molecular weight is 327 g/mol. The highest BCUT2D eigenvalue weighted by Crippen LogP contribution is 2.22. The van der Waals surface area contributed by atoms with Crippen molar-refractivity contribution >= 4 is 23.3 Å². The molecule has 1 atom stereocenters. The minimum absolute atomic E-state index is 0.137. The molecule has 0 bridgehead atoms. The van der Waals surface area contributed by atoms with Crippen molar-refractivity contribution in [2.45, 2.75) is 19.4 Å². The molecule has 0 radical (unpaired) electrons. The molecule has 2 aromatic carbocycles.